The van der Waals surface area contributed by atoms with Gasteiger partial charge in [0.05, 0.1) is 17.2 Å². The number of fused-ring (bicyclic) bond motifs is 1. The highest BCUT2D eigenvalue weighted by Gasteiger charge is 2.62. The number of aryl methyl sites for hydroxylation is 2. The Kier molecular flexibility index (Phi) is 4.47. The molecule has 2 fully saturated rings. The molecule has 4 rings (SSSR count). The first-order valence-corrected chi connectivity index (χ1v) is 9.62. The molecule has 0 radical (unpaired) electrons. The summed E-state index contributed by atoms with van der Waals surface area (Å²) >= 11 is 6.07. The third-order valence-electron chi connectivity index (χ3n) is 6.20. The predicted octanol–water partition coefficient (Wildman–Crippen LogP) is 4.47. The lowest BCUT2D eigenvalue weighted by Gasteiger charge is -2.32. The minimum atomic E-state index is -4.36. The van der Waals surface area contributed by atoms with Crippen molar-refractivity contribution in [1.82, 2.24) is 5.32 Å². The highest BCUT2D eigenvalue weighted by molar-refractivity contribution is 6.31. The van der Waals surface area contributed by atoms with Crippen LogP contribution in [0.5, 0.6) is 0 Å². The van der Waals surface area contributed by atoms with E-state index in [1.54, 1.807) is 12.1 Å². The van der Waals surface area contributed by atoms with Gasteiger partial charge >= 0.3 is 6.18 Å². The number of hydrogen-bond donors (Lipinski definition) is 2. The van der Waals surface area contributed by atoms with Gasteiger partial charge in [-0.2, -0.15) is 13.2 Å². The summed E-state index contributed by atoms with van der Waals surface area (Å²) in [6, 6.07) is 3.47. The van der Waals surface area contributed by atoms with Crippen LogP contribution >= 0.6 is 11.6 Å². The number of rotatable bonds is 3. The summed E-state index contributed by atoms with van der Waals surface area (Å²) in [7, 11) is 0. The Labute approximate surface area is 165 Å². The SMILES string of the molecule is Cc1cc(Cl)cc(C)c1C1=C(O)C2(CCC3C(C2)C3OCC(F)(F)F)NC1=O. The number of nitrogens with one attached hydrogen (secondary N) is 1. The number of aliphatic hydroxyl groups excluding tert-OH is 1. The molecule has 0 aromatic heterocycles. The fraction of sp³-hybridized carbons (Fsp3) is 0.550. The minimum Gasteiger partial charge on any atom is -0.509 e. The maximum atomic E-state index is 12.8. The van der Waals surface area contributed by atoms with E-state index in [0.717, 1.165) is 11.1 Å². The van der Waals surface area contributed by atoms with Gasteiger partial charge in [-0.05, 0) is 73.8 Å². The van der Waals surface area contributed by atoms with Crippen molar-refractivity contribution in [3.8, 4) is 0 Å². The third-order valence-corrected chi connectivity index (χ3v) is 6.42. The Morgan fingerprint density at radius 2 is 1.93 bits per heavy atom. The Morgan fingerprint density at radius 3 is 2.54 bits per heavy atom. The third kappa shape index (κ3) is 3.18. The minimum absolute atomic E-state index is 0.0223. The van der Waals surface area contributed by atoms with E-state index in [0.29, 0.717) is 29.8 Å². The normalized spacial score (nSPS) is 31.9. The molecule has 28 heavy (non-hydrogen) atoms. The monoisotopic (exact) mass is 415 g/mol. The van der Waals surface area contributed by atoms with Gasteiger partial charge in [-0.1, -0.05) is 11.6 Å². The van der Waals surface area contributed by atoms with Gasteiger partial charge in [-0.3, -0.25) is 4.79 Å². The van der Waals surface area contributed by atoms with Crippen LogP contribution in [0.1, 0.15) is 36.0 Å². The van der Waals surface area contributed by atoms with Crippen LogP contribution in [0.15, 0.2) is 17.9 Å². The molecule has 8 heteroatoms. The van der Waals surface area contributed by atoms with E-state index in [-0.39, 0.29) is 29.1 Å². The van der Waals surface area contributed by atoms with Gasteiger partial charge in [0.2, 0.25) is 0 Å². The second kappa shape index (κ2) is 6.39. The maximum absolute atomic E-state index is 12.8. The van der Waals surface area contributed by atoms with Crippen LogP contribution in [0.3, 0.4) is 0 Å². The molecular formula is C20H21ClF3NO3. The Bertz CT molecular complexity index is 859. The second-order valence-electron chi connectivity index (χ2n) is 8.14. The number of aliphatic hydroxyl groups is 1. The van der Waals surface area contributed by atoms with Gasteiger partial charge in [0.1, 0.15) is 12.4 Å². The lowest BCUT2D eigenvalue weighted by molar-refractivity contribution is -0.178. The molecule has 4 atom stereocenters. The first-order valence-electron chi connectivity index (χ1n) is 9.24. The van der Waals surface area contributed by atoms with Crippen molar-refractivity contribution in [2.45, 2.75) is 50.9 Å². The van der Waals surface area contributed by atoms with Crippen LogP contribution < -0.4 is 5.32 Å². The van der Waals surface area contributed by atoms with Crippen LogP contribution in [-0.2, 0) is 9.53 Å². The molecule has 2 saturated carbocycles. The van der Waals surface area contributed by atoms with E-state index in [2.05, 4.69) is 5.32 Å². The molecule has 4 nitrogen and oxygen atoms in total. The first kappa shape index (κ1) is 19.6. The summed E-state index contributed by atoms with van der Waals surface area (Å²) in [6.45, 7) is 2.39. The van der Waals surface area contributed by atoms with Crippen molar-refractivity contribution in [1.29, 1.82) is 0 Å². The summed E-state index contributed by atoms with van der Waals surface area (Å²) in [5.74, 6) is -0.421. The van der Waals surface area contributed by atoms with Crippen LogP contribution in [0.2, 0.25) is 5.02 Å². The fourth-order valence-corrected chi connectivity index (χ4v) is 5.29. The van der Waals surface area contributed by atoms with Gasteiger partial charge in [-0.25, -0.2) is 0 Å². The standard InChI is InChI=1S/C20H21ClF3NO3/c1-9-5-11(21)6-10(2)14(9)15-17(26)19(25-18(15)27)4-3-12-13(7-19)16(12)28-8-20(22,23)24/h5-6,12-13,16,26H,3-4,7-8H2,1-2H3,(H,25,27). The molecule has 1 aliphatic heterocycles. The highest BCUT2D eigenvalue weighted by atomic mass is 35.5. The fourth-order valence-electron chi connectivity index (χ4n) is 4.96. The van der Waals surface area contributed by atoms with Crippen molar-refractivity contribution in [3.05, 3.63) is 39.6 Å². The molecule has 0 saturated heterocycles. The lowest BCUT2D eigenvalue weighted by Crippen LogP contribution is -2.46. The van der Waals surface area contributed by atoms with Gasteiger partial charge in [0.25, 0.3) is 5.91 Å². The van der Waals surface area contributed by atoms with Crippen molar-refractivity contribution in [3.63, 3.8) is 0 Å². The first-order chi connectivity index (χ1) is 13.0. The molecular weight excluding hydrogens is 395 g/mol. The van der Waals surface area contributed by atoms with Crippen LogP contribution in [0, 0.1) is 25.7 Å². The molecule has 2 aliphatic carbocycles. The number of halogens is 4. The maximum Gasteiger partial charge on any atom is 0.411 e. The zero-order valence-electron chi connectivity index (χ0n) is 15.5. The zero-order chi connectivity index (χ0) is 20.4. The molecule has 1 amide bonds. The number of ether oxygens (including phenoxy) is 1. The smallest absolute Gasteiger partial charge is 0.411 e. The molecule has 1 aromatic carbocycles. The van der Waals surface area contributed by atoms with Crippen LogP contribution in [0.4, 0.5) is 13.2 Å². The van der Waals surface area contributed by atoms with Crippen LogP contribution in [0.25, 0.3) is 5.57 Å². The molecule has 152 valence electrons. The molecule has 2 N–H and O–H groups in total. The van der Waals surface area contributed by atoms with E-state index < -0.39 is 24.4 Å². The van der Waals surface area contributed by atoms with Crippen molar-refractivity contribution in [2.75, 3.05) is 6.61 Å². The van der Waals surface area contributed by atoms with E-state index in [1.165, 1.54) is 0 Å². The molecule has 0 bridgehead atoms. The summed E-state index contributed by atoms with van der Waals surface area (Å²) in [4.78, 5) is 12.8. The summed E-state index contributed by atoms with van der Waals surface area (Å²) in [5, 5.41) is 14.5. The molecule has 3 aliphatic rings. The van der Waals surface area contributed by atoms with Crippen molar-refractivity contribution >= 4 is 23.1 Å². The average Bonchev–Trinajstić information content (AvgIpc) is 3.20. The predicted molar refractivity (Wildman–Crippen MR) is 98.0 cm³/mol. The van der Waals surface area contributed by atoms with Gasteiger partial charge < -0.3 is 15.2 Å². The molecule has 4 unspecified atom stereocenters. The second-order valence-corrected chi connectivity index (χ2v) is 8.57. The number of alkyl halides is 3. The largest absolute Gasteiger partial charge is 0.509 e. The quantitative estimate of drug-likeness (QED) is 0.765. The summed E-state index contributed by atoms with van der Waals surface area (Å²) < 4.78 is 42.3. The van der Waals surface area contributed by atoms with E-state index in [4.69, 9.17) is 16.3 Å². The Balaban J connectivity index is 1.60. The lowest BCUT2D eigenvalue weighted by atomic mass is 9.80. The van der Waals surface area contributed by atoms with E-state index in [9.17, 15) is 23.1 Å². The zero-order valence-corrected chi connectivity index (χ0v) is 16.2. The molecule has 1 spiro atoms. The summed E-state index contributed by atoms with van der Waals surface area (Å²) in [6.07, 6.45) is -3.36. The average molecular weight is 416 g/mol. The van der Waals surface area contributed by atoms with E-state index >= 15 is 0 Å². The molecule has 1 aromatic rings. The van der Waals surface area contributed by atoms with Crippen molar-refractivity contribution < 1.29 is 27.8 Å². The Morgan fingerprint density at radius 1 is 1.29 bits per heavy atom. The number of benzene rings is 1. The summed E-state index contributed by atoms with van der Waals surface area (Å²) in [5.41, 5.74) is 1.52. The van der Waals surface area contributed by atoms with Crippen molar-refractivity contribution in [2.24, 2.45) is 11.8 Å². The topological polar surface area (TPSA) is 58.6 Å². The van der Waals surface area contributed by atoms with E-state index in [1.807, 2.05) is 13.8 Å². The van der Waals surface area contributed by atoms with Gasteiger partial charge in [0.15, 0.2) is 0 Å². The van der Waals surface area contributed by atoms with Gasteiger partial charge in [-0.15, -0.1) is 0 Å². The number of carbonyl (C=O) groups excluding carboxylic acids is 1. The van der Waals surface area contributed by atoms with Gasteiger partial charge in [0, 0.05) is 5.02 Å². The highest BCUT2D eigenvalue weighted by Crippen LogP contribution is 2.58. The number of hydrogen-bond acceptors (Lipinski definition) is 3. The Hall–Kier alpha value is -1.73. The number of carbonyl (C=O) groups is 1. The molecule has 1 heterocycles. The van der Waals surface area contributed by atoms with Crippen LogP contribution in [-0.4, -0.2) is 35.4 Å². The number of amides is 1.